The van der Waals surface area contributed by atoms with E-state index < -0.39 is 10.0 Å². The fraction of sp³-hybridized carbons (Fsp3) is 0.571. The zero-order valence-corrected chi connectivity index (χ0v) is 15.2. The number of aromatic nitrogens is 2. The van der Waals surface area contributed by atoms with Crippen molar-refractivity contribution in [3.8, 4) is 0 Å². The lowest BCUT2D eigenvalue weighted by Crippen LogP contribution is -2.34. The van der Waals surface area contributed by atoms with Gasteiger partial charge in [-0.3, -0.25) is 4.90 Å². The van der Waals surface area contributed by atoms with E-state index in [4.69, 9.17) is 0 Å². The van der Waals surface area contributed by atoms with Gasteiger partial charge in [0.2, 0.25) is 10.0 Å². The van der Waals surface area contributed by atoms with Crippen LogP contribution in [0.4, 0.5) is 0 Å². The first-order valence-corrected chi connectivity index (χ1v) is 10.8. The zero-order valence-electron chi connectivity index (χ0n) is 12.8. The van der Waals surface area contributed by atoms with Crippen LogP contribution in [0.2, 0.25) is 0 Å². The molecule has 2 saturated heterocycles. The molecular formula is C14H18N4O2S3. The van der Waals surface area contributed by atoms with Crippen LogP contribution in [0.3, 0.4) is 0 Å². The second-order valence-corrected chi connectivity index (χ2v) is 10.3. The second kappa shape index (κ2) is 5.89. The van der Waals surface area contributed by atoms with E-state index in [1.165, 1.54) is 0 Å². The van der Waals surface area contributed by atoms with Gasteiger partial charge in [-0.05, 0) is 6.92 Å². The van der Waals surface area contributed by atoms with Gasteiger partial charge in [-0.1, -0.05) is 0 Å². The summed E-state index contributed by atoms with van der Waals surface area (Å²) >= 11 is 3.19. The molecule has 0 aromatic carbocycles. The van der Waals surface area contributed by atoms with Gasteiger partial charge in [0.1, 0.15) is 5.01 Å². The Morgan fingerprint density at radius 3 is 2.78 bits per heavy atom. The molecule has 0 N–H and O–H groups in total. The second-order valence-electron chi connectivity index (χ2n) is 6.11. The molecule has 0 spiro atoms. The van der Waals surface area contributed by atoms with E-state index in [0.29, 0.717) is 19.6 Å². The molecule has 124 valence electrons. The highest BCUT2D eigenvalue weighted by Crippen LogP contribution is 2.35. The van der Waals surface area contributed by atoms with Gasteiger partial charge in [-0.15, -0.1) is 22.7 Å². The average molecular weight is 371 g/mol. The van der Waals surface area contributed by atoms with Crippen LogP contribution in [0.5, 0.6) is 0 Å². The van der Waals surface area contributed by atoms with E-state index in [2.05, 4.69) is 14.9 Å². The fourth-order valence-electron chi connectivity index (χ4n) is 3.46. The number of hydrogen-bond donors (Lipinski definition) is 0. The lowest BCUT2D eigenvalue weighted by atomic mass is 10.1. The van der Waals surface area contributed by atoms with Crippen molar-refractivity contribution < 1.29 is 8.42 Å². The van der Waals surface area contributed by atoms with Crippen LogP contribution >= 0.6 is 22.7 Å². The number of thiazole rings is 2. The molecule has 2 aromatic rings. The first-order chi connectivity index (χ1) is 11.0. The van der Waals surface area contributed by atoms with E-state index in [-0.39, 0.29) is 11.2 Å². The first kappa shape index (κ1) is 15.6. The molecule has 2 aromatic heterocycles. The molecule has 0 bridgehead atoms. The van der Waals surface area contributed by atoms with Crippen molar-refractivity contribution in [3.05, 3.63) is 32.7 Å². The molecule has 0 unspecified atom stereocenters. The molecule has 0 aliphatic carbocycles. The lowest BCUT2D eigenvalue weighted by molar-refractivity contribution is 0.294. The van der Waals surface area contributed by atoms with Crippen molar-refractivity contribution >= 4 is 32.7 Å². The molecule has 9 heteroatoms. The fourth-order valence-corrected chi connectivity index (χ4v) is 6.88. The average Bonchev–Trinajstić information content (AvgIpc) is 3.23. The maximum absolute atomic E-state index is 12.8. The number of likely N-dealkylation sites (tertiary alicyclic amines) is 1. The summed E-state index contributed by atoms with van der Waals surface area (Å²) in [6.07, 6.45) is 1.80. The minimum absolute atomic E-state index is 0.194. The SMILES string of the molecule is Cc1nc(CN2C[C@H]3CN(Cc4nccs4)C[C@H]3S2(=O)=O)cs1. The monoisotopic (exact) mass is 370 g/mol. The minimum Gasteiger partial charge on any atom is -0.295 e. The number of fused-ring (bicyclic) bond motifs is 1. The third-order valence-electron chi connectivity index (χ3n) is 4.48. The number of sulfonamides is 1. The number of rotatable bonds is 4. The molecule has 2 atom stereocenters. The van der Waals surface area contributed by atoms with Crippen molar-refractivity contribution in [2.24, 2.45) is 5.92 Å². The Labute approximate surface area is 143 Å². The van der Waals surface area contributed by atoms with Gasteiger partial charge in [0, 0.05) is 42.5 Å². The quantitative estimate of drug-likeness (QED) is 0.817. The van der Waals surface area contributed by atoms with Crippen molar-refractivity contribution in [3.63, 3.8) is 0 Å². The Balaban J connectivity index is 1.45. The molecule has 4 rings (SSSR count). The van der Waals surface area contributed by atoms with Gasteiger partial charge in [-0.25, -0.2) is 18.4 Å². The van der Waals surface area contributed by atoms with Crippen molar-refractivity contribution in [1.82, 2.24) is 19.2 Å². The Hall–Kier alpha value is -0.870. The number of nitrogens with zero attached hydrogens (tertiary/aromatic N) is 4. The molecule has 23 heavy (non-hydrogen) atoms. The Kier molecular flexibility index (Phi) is 4.01. The topological polar surface area (TPSA) is 66.4 Å². The lowest BCUT2D eigenvalue weighted by Gasteiger charge is -2.20. The molecule has 0 radical (unpaired) electrons. The zero-order chi connectivity index (χ0) is 16.0. The molecule has 6 nitrogen and oxygen atoms in total. The summed E-state index contributed by atoms with van der Waals surface area (Å²) in [6, 6.07) is 0. The molecule has 2 aliphatic rings. The molecule has 0 amide bonds. The van der Waals surface area contributed by atoms with Crippen LogP contribution in [-0.4, -0.2) is 52.5 Å². The molecule has 2 aliphatic heterocycles. The minimum atomic E-state index is -3.23. The van der Waals surface area contributed by atoms with Gasteiger partial charge in [0.05, 0.1) is 29.0 Å². The Bertz CT molecular complexity index is 787. The largest absolute Gasteiger partial charge is 0.295 e. The molecule has 2 fully saturated rings. The summed E-state index contributed by atoms with van der Waals surface area (Å²) in [7, 11) is -3.23. The third kappa shape index (κ3) is 2.96. The summed E-state index contributed by atoms with van der Waals surface area (Å²) in [6.45, 7) is 5.16. The van der Waals surface area contributed by atoms with Crippen LogP contribution in [-0.2, 0) is 23.1 Å². The summed E-state index contributed by atoms with van der Waals surface area (Å²) in [4.78, 5) is 10.9. The van der Waals surface area contributed by atoms with Crippen LogP contribution in [0.1, 0.15) is 15.7 Å². The predicted molar refractivity (Wildman–Crippen MR) is 90.8 cm³/mol. The third-order valence-corrected chi connectivity index (χ3v) is 8.37. The van der Waals surface area contributed by atoms with Crippen LogP contribution in [0.25, 0.3) is 0 Å². The van der Waals surface area contributed by atoms with E-state index in [0.717, 1.165) is 28.8 Å². The maximum Gasteiger partial charge on any atom is 0.218 e. The predicted octanol–water partition coefficient (Wildman–Crippen LogP) is 1.55. The van der Waals surface area contributed by atoms with E-state index >= 15 is 0 Å². The summed E-state index contributed by atoms with van der Waals surface area (Å²) in [5.41, 5.74) is 0.857. The standard InChI is InChI=1S/C14H18N4O2S3/c1-10-16-12(9-22-10)6-18-5-11-4-17(7-13(11)23(18,19)20)8-14-15-2-3-21-14/h2-3,9,11,13H,4-8H2,1H3/t11-,13-/m1/s1. The number of aryl methyl sites for hydroxylation is 1. The normalized spacial score (nSPS) is 27.5. The maximum atomic E-state index is 12.8. The van der Waals surface area contributed by atoms with Gasteiger partial charge >= 0.3 is 0 Å². The van der Waals surface area contributed by atoms with Crippen molar-refractivity contribution in [1.29, 1.82) is 0 Å². The van der Waals surface area contributed by atoms with Crippen molar-refractivity contribution in [2.75, 3.05) is 19.6 Å². The van der Waals surface area contributed by atoms with E-state index in [9.17, 15) is 8.42 Å². The summed E-state index contributed by atoms with van der Waals surface area (Å²) < 4.78 is 27.2. The highest BCUT2D eigenvalue weighted by molar-refractivity contribution is 7.90. The highest BCUT2D eigenvalue weighted by Gasteiger charge is 2.50. The molecule has 0 saturated carbocycles. The molecule has 4 heterocycles. The Morgan fingerprint density at radius 2 is 2.13 bits per heavy atom. The van der Waals surface area contributed by atoms with Crippen LogP contribution in [0.15, 0.2) is 17.0 Å². The Morgan fingerprint density at radius 1 is 1.26 bits per heavy atom. The van der Waals surface area contributed by atoms with Crippen LogP contribution in [0, 0.1) is 12.8 Å². The van der Waals surface area contributed by atoms with Gasteiger partial charge < -0.3 is 0 Å². The smallest absolute Gasteiger partial charge is 0.218 e. The van der Waals surface area contributed by atoms with Gasteiger partial charge in [0.25, 0.3) is 0 Å². The first-order valence-electron chi connectivity index (χ1n) is 7.53. The molecular weight excluding hydrogens is 352 g/mol. The van der Waals surface area contributed by atoms with Crippen molar-refractivity contribution in [2.45, 2.75) is 25.3 Å². The van der Waals surface area contributed by atoms with E-state index in [1.807, 2.05) is 17.7 Å². The van der Waals surface area contributed by atoms with E-state index in [1.54, 1.807) is 33.2 Å². The van der Waals surface area contributed by atoms with Gasteiger partial charge in [-0.2, -0.15) is 4.31 Å². The highest BCUT2D eigenvalue weighted by atomic mass is 32.2. The van der Waals surface area contributed by atoms with Crippen LogP contribution < -0.4 is 0 Å². The summed E-state index contributed by atoms with van der Waals surface area (Å²) in [5.74, 6) is 0.194. The van der Waals surface area contributed by atoms with Gasteiger partial charge in [0.15, 0.2) is 0 Å². The summed E-state index contributed by atoms with van der Waals surface area (Å²) in [5, 5.41) is 5.67. The number of hydrogen-bond acceptors (Lipinski definition) is 7.